The number of halogens is 2. The maximum atomic E-state index is 12.1. The first-order chi connectivity index (χ1) is 11.4. The lowest BCUT2D eigenvalue weighted by molar-refractivity contribution is -0.119. The Labute approximate surface area is 154 Å². The van der Waals surface area contributed by atoms with Crippen molar-refractivity contribution in [3.63, 3.8) is 0 Å². The van der Waals surface area contributed by atoms with E-state index in [1.807, 2.05) is 0 Å². The van der Waals surface area contributed by atoms with E-state index in [9.17, 15) is 15.0 Å². The van der Waals surface area contributed by atoms with Crippen LogP contribution in [0.25, 0.3) is 0 Å². The highest BCUT2D eigenvalue weighted by atomic mass is 35.5. The lowest BCUT2D eigenvalue weighted by Crippen LogP contribution is -2.38. The molecular formula is C17H17Cl2NO3S. The summed E-state index contributed by atoms with van der Waals surface area (Å²) in [5.41, 5.74) is 0.617. The second-order valence-electron chi connectivity index (χ2n) is 5.26. The Balaban J connectivity index is 1.89. The largest absolute Gasteiger partial charge is 0.508 e. The number of thioether (sulfide) groups is 1. The summed E-state index contributed by atoms with van der Waals surface area (Å²) in [4.78, 5) is 12.8. The number of amides is 1. The molecule has 0 unspecified atom stereocenters. The molecule has 0 aromatic heterocycles. The Morgan fingerprint density at radius 3 is 2.54 bits per heavy atom. The molecule has 0 saturated heterocycles. The third kappa shape index (κ3) is 5.31. The Morgan fingerprint density at radius 1 is 1.21 bits per heavy atom. The van der Waals surface area contributed by atoms with E-state index in [0.29, 0.717) is 15.6 Å². The first-order valence-electron chi connectivity index (χ1n) is 7.21. The van der Waals surface area contributed by atoms with Gasteiger partial charge in [-0.25, -0.2) is 0 Å². The third-order valence-electron chi connectivity index (χ3n) is 3.35. The monoisotopic (exact) mass is 385 g/mol. The number of carbonyl (C=O) groups is 1. The van der Waals surface area contributed by atoms with Gasteiger partial charge in [-0.1, -0.05) is 35.3 Å². The number of benzene rings is 2. The molecule has 0 bridgehead atoms. The minimum absolute atomic E-state index is 0.123. The van der Waals surface area contributed by atoms with Crippen LogP contribution in [0, 0.1) is 0 Å². The number of rotatable bonds is 6. The van der Waals surface area contributed by atoms with Crippen molar-refractivity contribution < 1.29 is 15.0 Å². The zero-order valence-corrected chi connectivity index (χ0v) is 15.2. The van der Waals surface area contributed by atoms with E-state index in [1.54, 1.807) is 37.3 Å². The highest BCUT2D eigenvalue weighted by Crippen LogP contribution is 2.29. The van der Waals surface area contributed by atoms with Gasteiger partial charge in [0.2, 0.25) is 5.91 Å². The van der Waals surface area contributed by atoms with Crippen LogP contribution in [-0.2, 0) is 4.79 Å². The predicted octanol–water partition coefficient (Wildman–Crippen LogP) is 4.03. The van der Waals surface area contributed by atoms with Crippen LogP contribution in [0.15, 0.2) is 47.4 Å². The molecule has 2 aromatic rings. The number of nitrogens with one attached hydrogen (secondary N) is 1. The number of aliphatic hydroxyl groups excluding tert-OH is 1. The number of phenols is 1. The quantitative estimate of drug-likeness (QED) is 0.656. The Morgan fingerprint density at radius 2 is 1.88 bits per heavy atom. The van der Waals surface area contributed by atoms with E-state index in [1.165, 1.54) is 23.9 Å². The molecule has 1 amide bonds. The number of aliphatic hydroxyl groups is 1. The van der Waals surface area contributed by atoms with Crippen molar-refractivity contribution in [2.75, 3.05) is 5.75 Å². The number of hydrogen-bond donors (Lipinski definition) is 3. The molecule has 4 nitrogen and oxygen atoms in total. The molecule has 7 heteroatoms. The summed E-state index contributed by atoms with van der Waals surface area (Å²) in [6.45, 7) is 1.71. The predicted molar refractivity (Wildman–Crippen MR) is 97.9 cm³/mol. The van der Waals surface area contributed by atoms with Crippen molar-refractivity contribution in [2.24, 2.45) is 0 Å². The number of aromatic hydroxyl groups is 1. The van der Waals surface area contributed by atoms with E-state index < -0.39 is 12.1 Å². The van der Waals surface area contributed by atoms with Crippen molar-refractivity contribution in [2.45, 2.75) is 24.0 Å². The molecule has 0 heterocycles. The van der Waals surface area contributed by atoms with Gasteiger partial charge in [-0.2, -0.15) is 0 Å². The third-order valence-corrected chi connectivity index (χ3v) is 5.08. The summed E-state index contributed by atoms with van der Waals surface area (Å²) in [6, 6.07) is 10.8. The average Bonchev–Trinajstić information content (AvgIpc) is 2.55. The number of hydrogen-bond acceptors (Lipinski definition) is 4. The van der Waals surface area contributed by atoms with E-state index in [-0.39, 0.29) is 17.4 Å². The molecule has 2 rings (SSSR count). The zero-order valence-electron chi connectivity index (χ0n) is 12.9. The van der Waals surface area contributed by atoms with Gasteiger partial charge in [0.05, 0.1) is 22.9 Å². The number of phenolic OH excluding ortho intramolecular Hbond substituents is 1. The molecule has 0 aliphatic rings. The topological polar surface area (TPSA) is 69.6 Å². The summed E-state index contributed by atoms with van der Waals surface area (Å²) >= 11 is 13.2. The normalized spacial score (nSPS) is 13.3. The number of carbonyl (C=O) groups excluding carboxylic acids is 1. The van der Waals surface area contributed by atoms with Gasteiger partial charge in [-0.05, 0) is 42.8 Å². The minimum Gasteiger partial charge on any atom is -0.508 e. The molecular weight excluding hydrogens is 369 g/mol. The van der Waals surface area contributed by atoms with Gasteiger partial charge in [-0.15, -0.1) is 11.8 Å². The van der Waals surface area contributed by atoms with Crippen LogP contribution in [0.5, 0.6) is 5.75 Å². The summed E-state index contributed by atoms with van der Waals surface area (Å²) in [7, 11) is 0. The van der Waals surface area contributed by atoms with E-state index in [0.717, 1.165) is 4.90 Å². The molecule has 24 heavy (non-hydrogen) atoms. The van der Waals surface area contributed by atoms with Crippen LogP contribution in [0.2, 0.25) is 10.0 Å². The van der Waals surface area contributed by atoms with Gasteiger partial charge < -0.3 is 15.5 Å². The molecule has 0 spiro atoms. The van der Waals surface area contributed by atoms with Crippen molar-refractivity contribution >= 4 is 40.9 Å². The molecule has 0 aliphatic carbocycles. The standard InChI is InChI=1S/C17H17Cl2NO3S/c1-10(17(23)11-2-5-13(21)6-3-11)20-16(22)9-24-15-8-12(18)4-7-14(15)19/h2-8,10,17,21,23H,9H2,1H3,(H,20,22)/t10-,17+/m0/s1. The van der Waals surface area contributed by atoms with Crippen molar-refractivity contribution in [1.82, 2.24) is 5.32 Å². The summed E-state index contributed by atoms with van der Waals surface area (Å²) in [6.07, 6.45) is -0.866. The fourth-order valence-electron chi connectivity index (χ4n) is 2.07. The second kappa shape index (κ2) is 8.62. The van der Waals surface area contributed by atoms with Crippen LogP contribution >= 0.6 is 35.0 Å². The molecule has 0 saturated carbocycles. The summed E-state index contributed by atoms with van der Waals surface area (Å²) < 4.78 is 0. The molecule has 128 valence electrons. The van der Waals surface area contributed by atoms with Crippen LogP contribution < -0.4 is 5.32 Å². The Kier molecular flexibility index (Phi) is 6.80. The molecule has 2 atom stereocenters. The highest BCUT2D eigenvalue weighted by molar-refractivity contribution is 8.00. The minimum atomic E-state index is -0.866. The molecule has 0 radical (unpaired) electrons. The first kappa shape index (κ1) is 18.9. The van der Waals surface area contributed by atoms with Gasteiger partial charge in [0.15, 0.2) is 0 Å². The van der Waals surface area contributed by atoms with Gasteiger partial charge in [0.25, 0.3) is 0 Å². The van der Waals surface area contributed by atoms with Gasteiger partial charge in [0.1, 0.15) is 5.75 Å². The zero-order chi connectivity index (χ0) is 17.7. The fourth-order valence-corrected chi connectivity index (χ4v) is 3.37. The van der Waals surface area contributed by atoms with Gasteiger partial charge in [0, 0.05) is 9.92 Å². The molecule has 0 aliphatic heterocycles. The lowest BCUT2D eigenvalue weighted by Gasteiger charge is -2.20. The summed E-state index contributed by atoms with van der Waals surface area (Å²) in [5, 5.41) is 23.4. The van der Waals surface area contributed by atoms with E-state index in [4.69, 9.17) is 23.2 Å². The highest BCUT2D eigenvalue weighted by Gasteiger charge is 2.18. The maximum absolute atomic E-state index is 12.1. The van der Waals surface area contributed by atoms with Gasteiger partial charge in [-0.3, -0.25) is 4.79 Å². The van der Waals surface area contributed by atoms with Crippen LogP contribution in [0.1, 0.15) is 18.6 Å². The van der Waals surface area contributed by atoms with Crippen molar-refractivity contribution in [3.8, 4) is 5.75 Å². The van der Waals surface area contributed by atoms with Crippen molar-refractivity contribution in [1.29, 1.82) is 0 Å². The SMILES string of the molecule is C[C@H](NC(=O)CSc1cc(Cl)ccc1Cl)[C@@H](O)c1ccc(O)cc1. The van der Waals surface area contributed by atoms with Crippen molar-refractivity contribution in [3.05, 3.63) is 58.1 Å². The molecule has 0 fully saturated rings. The molecule has 2 aromatic carbocycles. The second-order valence-corrected chi connectivity index (χ2v) is 7.12. The Bertz CT molecular complexity index is 709. The summed E-state index contributed by atoms with van der Waals surface area (Å²) in [5.74, 6) is 0.0611. The van der Waals surface area contributed by atoms with Gasteiger partial charge >= 0.3 is 0 Å². The van der Waals surface area contributed by atoms with E-state index >= 15 is 0 Å². The maximum Gasteiger partial charge on any atom is 0.230 e. The fraction of sp³-hybridized carbons (Fsp3) is 0.235. The van der Waals surface area contributed by atoms with E-state index in [2.05, 4.69) is 5.32 Å². The van der Waals surface area contributed by atoms with Crippen LogP contribution in [0.4, 0.5) is 0 Å². The smallest absolute Gasteiger partial charge is 0.230 e. The Hall–Kier alpha value is -1.40. The lowest BCUT2D eigenvalue weighted by atomic mass is 10.0. The van der Waals surface area contributed by atoms with Crippen LogP contribution in [0.3, 0.4) is 0 Å². The average molecular weight is 386 g/mol. The molecule has 3 N–H and O–H groups in total. The first-order valence-corrected chi connectivity index (χ1v) is 8.95. The van der Waals surface area contributed by atoms with Crippen LogP contribution in [-0.4, -0.2) is 27.9 Å².